The molecule has 0 fully saturated rings. The van der Waals surface area contributed by atoms with E-state index in [9.17, 15) is 4.79 Å². The second-order valence-corrected chi connectivity index (χ2v) is 3.94. The number of nitrogens with zero attached hydrogens (tertiary/aromatic N) is 4. The number of rotatable bonds is 3. The minimum Gasteiger partial charge on any atom is -0.391 e. The van der Waals surface area contributed by atoms with Crippen LogP contribution in [0.2, 0.25) is 0 Å². The molecule has 0 radical (unpaired) electrons. The normalized spacial score (nSPS) is 10.6. The Hall–Kier alpha value is -2.44. The van der Waals surface area contributed by atoms with Crippen LogP contribution in [0.25, 0.3) is 11.5 Å². The fourth-order valence-corrected chi connectivity index (χ4v) is 1.50. The third-order valence-corrected chi connectivity index (χ3v) is 2.29. The Morgan fingerprint density at radius 2 is 2.22 bits per heavy atom. The summed E-state index contributed by atoms with van der Waals surface area (Å²) in [5.41, 5.74) is 5.51. The highest BCUT2D eigenvalue weighted by Crippen LogP contribution is 2.20. The fourth-order valence-electron chi connectivity index (χ4n) is 1.50. The van der Waals surface area contributed by atoms with Crippen molar-refractivity contribution < 1.29 is 9.53 Å². The zero-order valence-electron chi connectivity index (χ0n) is 10.1. The Labute approximate surface area is 104 Å². The molecule has 0 bridgehead atoms. The lowest BCUT2D eigenvalue weighted by molar-refractivity contribution is 0.209. The van der Waals surface area contributed by atoms with Crippen LogP contribution >= 0.6 is 0 Å². The molecular weight excluding hydrogens is 234 g/mol. The van der Waals surface area contributed by atoms with Gasteiger partial charge in [-0.15, -0.1) is 10.2 Å². The first-order valence-corrected chi connectivity index (χ1v) is 5.42. The number of pyridine rings is 1. The molecule has 0 aliphatic heterocycles. The third-order valence-electron chi connectivity index (χ3n) is 2.29. The summed E-state index contributed by atoms with van der Waals surface area (Å²) >= 11 is 0. The average Bonchev–Trinajstić information content (AvgIpc) is 2.77. The van der Waals surface area contributed by atoms with Crippen LogP contribution in [0.5, 0.6) is 5.88 Å². The molecule has 0 spiro atoms. The molecule has 2 aromatic rings. The van der Waals surface area contributed by atoms with E-state index in [0.717, 1.165) is 0 Å². The summed E-state index contributed by atoms with van der Waals surface area (Å²) in [5.74, 6) is 0.748. The van der Waals surface area contributed by atoms with Gasteiger partial charge in [0, 0.05) is 12.1 Å². The van der Waals surface area contributed by atoms with Crippen LogP contribution in [0.15, 0.2) is 24.5 Å². The Kier molecular flexibility index (Phi) is 3.22. The molecule has 2 N–H and O–H groups in total. The molecule has 0 unspecified atom stereocenters. The van der Waals surface area contributed by atoms with Crippen molar-refractivity contribution in [3.8, 4) is 17.4 Å². The van der Waals surface area contributed by atoms with Crippen LogP contribution in [0.3, 0.4) is 0 Å². The van der Waals surface area contributed by atoms with E-state index in [1.807, 2.05) is 18.4 Å². The molecule has 2 heterocycles. The van der Waals surface area contributed by atoms with Gasteiger partial charge in [0.25, 0.3) is 0 Å². The predicted molar refractivity (Wildman–Crippen MR) is 63.8 cm³/mol. The molecule has 7 heteroatoms. The summed E-state index contributed by atoms with van der Waals surface area (Å²) < 4.78 is 6.59. The van der Waals surface area contributed by atoms with E-state index < -0.39 is 6.09 Å². The van der Waals surface area contributed by atoms with Gasteiger partial charge in [-0.05, 0) is 19.9 Å². The van der Waals surface area contributed by atoms with Gasteiger partial charge in [-0.1, -0.05) is 6.07 Å². The SMILES string of the molecule is CC(C)n1cnnc1-c1cccc(OC(N)=O)n1. The summed E-state index contributed by atoms with van der Waals surface area (Å²) in [5, 5.41) is 7.86. The highest BCUT2D eigenvalue weighted by molar-refractivity contribution is 5.67. The lowest BCUT2D eigenvalue weighted by Gasteiger charge is -2.09. The van der Waals surface area contributed by atoms with E-state index in [1.54, 1.807) is 24.5 Å². The number of ether oxygens (including phenoxy) is 1. The predicted octanol–water partition coefficient (Wildman–Crippen LogP) is 1.38. The Morgan fingerprint density at radius 3 is 2.89 bits per heavy atom. The smallest absolute Gasteiger partial charge is 0.391 e. The van der Waals surface area contributed by atoms with Crippen molar-refractivity contribution in [1.82, 2.24) is 19.7 Å². The minimum atomic E-state index is -0.898. The standard InChI is InChI=1S/C11H13N5O2/c1-7(2)16-6-13-15-10(16)8-4-3-5-9(14-8)18-11(12)17/h3-7H,1-2H3,(H2,12,17). The summed E-state index contributed by atoms with van der Waals surface area (Å²) in [6.07, 6.45) is 0.730. The van der Waals surface area contributed by atoms with Crippen LogP contribution in [-0.4, -0.2) is 25.8 Å². The van der Waals surface area contributed by atoms with Crippen LogP contribution < -0.4 is 10.5 Å². The van der Waals surface area contributed by atoms with Crippen molar-refractivity contribution >= 4 is 6.09 Å². The van der Waals surface area contributed by atoms with Crippen molar-refractivity contribution in [2.24, 2.45) is 5.73 Å². The number of carbonyl (C=O) groups excluding carboxylic acids is 1. The first-order valence-electron chi connectivity index (χ1n) is 5.42. The van der Waals surface area contributed by atoms with E-state index in [4.69, 9.17) is 10.5 Å². The second kappa shape index (κ2) is 4.82. The van der Waals surface area contributed by atoms with E-state index in [0.29, 0.717) is 11.5 Å². The van der Waals surface area contributed by atoms with Gasteiger partial charge < -0.3 is 15.0 Å². The van der Waals surface area contributed by atoms with Crippen LogP contribution in [0.4, 0.5) is 4.79 Å². The lowest BCUT2D eigenvalue weighted by atomic mass is 10.3. The zero-order valence-corrected chi connectivity index (χ0v) is 10.1. The summed E-state index contributed by atoms with van der Waals surface area (Å²) in [7, 11) is 0. The second-order valence-electron chi connectivity index (χ2n) is 3.94. The van der Waals surface area contributed by atoms with Gasteiger partial charge in [-0.2, -0.15) is 0 Å². The molecule has 2 aromatic heterocycles. The molecule has 0 atom stereocenters. The number of hydrogen-bond donors (Lipinski definition) is 1. The molecule has 94 valence electrons. The van der Waals surface area contributed by atoms with Gasteiger partial charge in [0.15, 0.2) is 5.82 Å². The zero-order chi connectivity index (χ0) is 13.1. The maximum atomic E-state index is 10.7. The van der Waals surface area contributed by atoms with Gasteiger partial charge in [0.2, 0.25) is 5.88 Å². The molecule has 18 heavy (non-hydrogen) atoms. The maximum absolute atomic E-state index is 10.7. The van der Waals surface area contributed by atoms with E-state index in [1.165, 1.54) is 0 Å². The average molecular weight is 247 g/mol. The van der Waals surface area contributed by atoms with Crippen molar-refractivity contribution in [2.75, 3.05) is 0 Å². The van der Waals surface area contributed by atoms with Gasteiger partial charge >= 0.3 is 6.09 Å². The van der Waals surface area contributed by atoms with E-state index in [2.05, 4.69) is 15.2 Å². The third kappa shape index (κ3) is 2.45. The maximum Gasteiger partial charge on any atom is 0.411 e. The number of primary amides is 1. The number of hydrogen-bond acceptors (Lipinski definition) is 5. The monoisotopic (exact) mass is 247 g/mol. The van der Waals surface area contributed by atoms with E-state index in [-0.39, 0.29) is 11.9 Å². The number of amides is 1. The van der Waals surface area contributed by atoms with Gasteiger partial charge in [-0.25, -0.2) is 9.78 Å². The Morgan fingerprint density at radius 1 is 1.44 bits per heavy atom. The van der Waals surface area contributed by atoms with Gasteiger partial charge in [0.1, 0.15) is 12.0 Å². The molecule has 2 rings (SSSR count). The highest BCUT2D eigenvalue weighted by Gasteiger charge is 2.12. The molecule has 1 amide bonds. The van der Waals surface area contributed by atoms with Crippen LogP contribution in [-0.2, 0) is 0 Å². The topological polar surface area (TPSA) is 95.9 Å². The molecule has 0 aliphatic carbocycles. The van der Waals surface area contributed by atoms with Crippen molar-refractivity contribution in [2.45, 2.75) is 19.9 Å². The summed E-state index contributed by atoms with van der Waals surface area (Å²) in [6.45, 7) is 4.02. The fraction of sp³-hybridized carbons (Fsp3) is 0.273. The molecule has 7 nitrogen and oxygen atoms in total. The first kappa shape index (κ1) is 12.0. The number of nitrogens with two attached hydrogens (primary N) is 1. The molecule has 0 aromatic carbocycles. The van der Waals surface area contributed by atoms with Crippen molar-refractivity contribution in [3.05, 3.63) is 24.5 Å². The Balaban J connectivity index is 2.38. The lowest BCUT2D eigenvalue weighted by Crippen LogP contribution is -2.17. The van der Waals surface area contributed by atoms with E-state index >= 15 is 0 Å². The van der Waals surface area contributed by atoms with Crippen molar-refractivity contribution in [1.29, 1.82) is 0 Å². The first-order chi connectivity index (χ1) is 8.58. The van der Waals surface area contributed by atoms with Crippen LogP contribution in [0, 0.1) is 0 Å². The number of aromatic nitrogens is 4. The molecular formula is C11H13N5O2. The van der Waals surface area contributed by atoms with Gasteiger partial charge in [0.05, 0.1) is 0 Å². The summed E-state index contributed by atoms with van der Waals surface area (Å²) in [6, 6.07) is 5.22. The quantitative estimate of drug-likeness (QED) is 0.883. The molecule has 0 aliphatic rings. The van der Waals surface area contributed by atoms with Gasteiger partial charge in [-0.3, -0.25) is 0 Å². The highest BCUT2D eigenvalue weighted by atomic mass is 16.6. The molecule has 0 saturated heterocycles. The minimum absolute atomic E-state index is 0.137. The summed E-state index contributed by atoms with van der Waals surface area (Å²) in [4.78, 5) is 14.8. The number of carbonyl (C=O) groups is 1. The van der Waals surface area contributed by atoms with Crippen LogP contribution in [0.1, 0.15) is 19.9 Å². The van der Waals surface area contributed by atoms with Crippen molar-refractivity contribution in [3.63, 3.8) is 0 Å². The Bertz CT molecular complexity index is 564. The molecule has 0 saturated carbocycles. The largest absolute Gasteiger partial charge is 0.411 e.